The minimum absolute atomic E-state index is 0.620. The van der Waals surface area contributed by atoms with E-state index >= 15 is 0 Å². The highest BCUT2D eigenvalue weighted by atomic mass is 14.9. The minimum Gasteiger partial charge on any atom is -0.397 e. The lowest BCUT2D eigenvalue weighted by atomic mass is 9.90. The average molecular weight is 253 g/mol. The highest BCUT2D eigenvalue weighted by molar-refractivity contribution is 5.73. The Morgan fingerprint density at radius 3 is 2.58 bits per heavy atom. The lowest BCUT2D eigenvalue weighted by molar-refractivity contribution is 0.687. The first kappa shape index (κ1) is 11.9. The quantitative estimate of drug-likeness (QED) is 0.718. The molecule has 0 bridgehead atoms. The topological polar surface area (TPSA) is 64.1 Å². The largest absolute Gasteiger partial charge is 0.397 e. The molecule has 0 saturated heterocycles. The normalized spacial score (nSPS) is 13.9. The molecule has 19 heavy (non-hydrogen) atoms. The van der Waals surface area contributed by atoms with E-state index in [2.05, 4.69) is 23.5 Å². The third-order valence-corrected chi connectivity index (χ3v) is 3.76. The average Bonchev–Trinajstić information content (AvgIpc) is 2.43. The van der Waals surface area contributed by atoms with E-state index in [9.17, 15) is 0 Å². The van der Waals surface area contributed by atoms with Crippen molar-refractivity contribution in [3.63, 3.8) is 0 Å². The molecule has 0 unspecified atom stereocenters. The van der Waals surface area contributed by atoms with E-state index in [0.717, 1.165) is 12.1 Å². The summed E-state index contributed by atoms with van der Waals surface area (Å²) in [5.41, 5.74) is 17.9. The van der Waals surface area contributed by atoms with Crippen LogP contribution in [-0.2, 0) is 12.8 Å². The lowest BCUT2D eigenvalue weighted by Gasteiger charge is -2.20. The fourth-order valence-corrected chi connectivity index (χ4v) is 2.71. The fourth-order valence-electron chi connectivity index (χ4n) is 2.71. The van der Waals surface area contributed by atoms with Gasteiger partial charge in [-0.2, -0.15) is 0 Å². The Morgan fingerprint density at radius 1 is 0.895 bits per heavy atom. The Morgan fingerprint density at radius 2 is 1.74 bits per heavy atom. The van der Waals surface area contributed by atoms with Gasteiger partial charge in [-0.05, 0) is 61.1 Å². The molecule has 0 radical (unpaired) electrons. The first-order valence-corrected chi connectivity index (χ1v) is 6.77. The van der Waals surface area contributed by atoms with Gasteiger partial charge >= 0.3 is 0 Å². The molecule has 0 saturated carbocycles. The van der Waals surface area contributed by atoms with Gasteiger partial charge in [0.25, 0.3) is 0 Å². The van der Waals surface area contributed by atoms with E-state index in [1.807, 2.05) is 18.2 Å². The maximum Gasteiger partial charge on any atom is 0.0568 e. The van der Waals surface area contributed by atoms with E-state index < -0.39 is 0 Å². The van der Waals surface area contributed by atoms with Gasteiger partial charge in [0, 0.05) is 11.4 Å². The van der Waals surface area contributed by atoms with Crippen LogP contribution in [0.1, 0.15) is 24.0 Å². The smallest absolute Gasteiger partial charge is 0.0568 e. The van der Waals surface area contributed by atoms with Crippen LogP contribution >= 0.6 is 0 Å². The Hall–Kier alpha value is -2.16. The molecular weight excluding hydrogens is 234 g/mol. The predicted octanol–water partition coefficient (Wildman–Crippen LogP) is 3.47. The summed E-state index contributed by atoms with van der Waals surface area (Å²) in [4.78, 5) is 0. The zero-order valence-electron chi connectivity index (χ0n) is 10.9. The Labute approximate surface area is 113 Å². The van der Waals surface area contributed by atoms with Crippen molar-refractivity contribution in [1.82, 2.24) is 0 Å². The molecule has 0 atom stereocenters. The zero-order valence-corrected chi connectivity index (χ0v) is 10.9. The van der Waals surface area contributed by atoms with E-state index in [-0.39, 0.29) is 0 Å². The number of nitrogens with one attached hydrogen (secondary N) is 1. The Bertz CT molecular complexity index is 605. The van der Waals surface area contributed by atoms with E-state index in [0.29, 0.717) is 11.4 Å². The molecule has 3 heteroatoms. The highest BCUT2D eigenvalue weighted by Crippen LogP contribution is 2.31. The van der Waals surface area contributed by atoms with E-state index in [1.165, 1.54) is 36.1 Å². The summed E-state index contributed by atoms with van der Waals surface area (Å²) in [6, 6.07) is 12.2. The number of nitrogens with two attached hydrogens (primary N) is 2. The third kappa shape index (κ3) is 2.36. The van der Waals surface area contributed by atoms with Gasteiger partial charge in [-0.3, -0.25) is 0 Å². The summed E-state index contributed by atoms with van der Waals surface area (Å²) in [5.74, 6) is 0. The first-order valence-electron chi connectivity index (χ1n) is 6.77. The molecule has 2 aromatic carbocycles. The standard InChI is InChI=1S/C16H19N3/c17-14-9-8-12(10-15(14)18)19-16-7-3-5-11-4-1-2-6-13(11)16/h3,5,7-10,19H,1-2,4,6,17-18H2. The second-order valence-electron chi connectivity index (χ2n) is 5.12. The summed E-state index contributed by atoms with van der Waals surface area (Å²) < 4.78 is 0. The number of aryl methyl sites for hydroxylation is 1. The molecule has 3 rings (SSSR count). The molecule has 5 N–H and O–H groups in total. The van der Waals surface area contributed by atoms with Gasteiger partial charge in [0.05, 0.1) is 11.4 Å². The monoisotopic (exact) mass is 253 g/mol. The molecule has 2 aromatic rings. The molecule has 98 valence electrons. The van der Waals surface area contributed by atoms with Gasteiger partial charge in [0.15, 0.2) is 0 Å². The molecule has 3 nitrogen and oxygen atoms in total. The molecule has 0 aliphatic heterocycles. The number of nitrogen functional groups attached to an aromatic ring is 2. The van der Waals surface area contributed by atoms with Crippen LogP contribution in [0.25, 0.3) is 0 Å². The van der Waals surface area contributed by atoms with Crippen LogP contribution in [0.3, 0.4) is 0 Å². The maximum atomic E-state index is 5.85. The van der Waals surface area contributed by atoms with Gasteiger partial charge in [0.2, 0.25) is 0 Å². The molecule has 0 aromatic heterocycles. The van der Waals surface area contributed by atoms with Crippen molar-refractivity contribution in [3.8, 4) is 0 Å². The lowest BCUT2D eigenvalue weighted by Crippen LogP contribution is -2.06. The molecule has 0 heterocycles. The van der Waals surface area contributed by atoms with E-state index in [1.54, 1.807) is 0 Å². The van der Waals surface area contributed by atoms with Gasteiger partial charge in [-0.1, -0.05) is 12.1 Å². The summed E-state index contributed by atoms with van der Waals surface area (Å²) in [5, 5.41) is 3.46. The van der Waals surface area contributed by atoms with E-state index in [4.69, 9.17) is 11.5 Å². The van der Waals surface area contributed by atoms with Crippen LogP contribution in [0.4, 0.5) is 22.7 Å². The maximum absolute atomic E-state index is 5.85. The number of fused-ring (bicyclic) bond motifs is 1. The SMILES string of the molecule is Nc1ccc(Nc2cccc3c2CCCC3)cc1N. The number of anilines is 4. The van der Waals surface area contributed by atoms with Gasteiger partial charge in [-0.15, -0.1) is 0 Å². The molecule has 0 spiro atoms. The number of benzene rings is 2. The summed E-state index contributed by atoms with van der Waals surface area (Å²) in [7, 11) is 0. The van der Waals surface area contributed by atoms with Crippen molar-refractivity contribution in [3.05, 3.63) is 47.5 Å². The molecule has 1 aliphatic rings. The van der Waals surface area contributed by atoms with Crippen LogP contribution in [-0.4, -0.2) is 0 Å². The van der Waals surface area contributed by atoms with Crippen LogP contribution < -0.4 is 16.8 Å². The Balaban J connectivity index is 1.92. The second kappa shape index (κ2) is 4.84. The van der Waals surface area contributed by atoms with Gasteiger partial charge < -0.3 is 16.8 Å². The molecule has 1 aliphatic carbocycles. The predicted molar refractivity (Wildman–Crippen MR) is 81.6 cm³/mol. The molecule has 0 fully saturated rings. The Kier molecular flexibility index (Phi) is 3.03. The van der Waals surface area contributed by atoms with Crippen molar-refractivity contribution in [1.29, 1.82) is 0 Å². The second-order valence-corrected chi connectivity index (χ2v) is 5.12. The van der Waals surface area contributed by atoms with Crippen LogP contribution in [0.5, 0.6) is 0 Å². The van der Waals surface area contributed by atoms with Crippen molar-refractivity contribution < 1.29 is 0 Å². The summed E-state index contributed by atoms with van der Waals surface area (Å²) >= 11 is 0. The summed E-state index contributed by atoms with van der Waals surface area (Å²) in [6.45, 7) is 0. The van der Waals surface area contributed by atoms with Crippen molar-refractivity contribution in [2.45, 2.75) is 25.7 Å². The number of hydrogen-bond donors (Lipinski definition) is 3. The molecular formula is C16H19N3. The minimum atomic E-state index is 0.620. The summed E-state index contributed by atoms with van der Waals surface area (Å²) in [6.07, 6.45) is 4.92. The third-order valence-electron chi connectivity index (χ3n) is 3.76. The van der Waals surface area contributed by atoms with Crippen molar-refractivity contribution in [2.24, 2.45) is 0 Å². The van der Waals surface area contributed by atoms with Crippen molar-refractivity contribution in [2.75, 3.05) is 16.8 Å². The fraction of sp³-hybridized carbons (Fsp3) is 0.250. The zero-order chi connectivity index (χ0) is 13.2. The number of hydrogen-bond acceptors (Lipinski definition) is 3. The highest BCUT2D eigenvalue weighted by Gasteiger charge is 2.12. The van der Waals surface area contributed by atoms with Crippen LogP contribution in [0.15, 0.2) is 36.4 Å². The number of rotatable bonds is 2. The first-order chi connectivity index (χ1) is 9.24. The van der Waals surface area contributed by atoms with Crippen LogP contribution in [0.2, 0.25) is 0 Å². The molecule has 0 amide bonds. The van der Waals surface area contributed by atoms with Crippen LogP contribution in [0, 0.1) is 0 Å². The van der Waals surface area contributed by atoms with Gasteiger partial charge in [-0.25, -0.2) is 0 Å². The van der Waals surface area contributed by atoms with Crippen molar-refractivity contribution >= 4 is 22.7 Å². The van der Waals surface area contributed by atoms with Gasteiger partial charge in [0.1, 0.15) is 0 Å².